The normalized spacial score (nSPS) is 20.8. The van der Waals surface area contributed by atoms with Crippen molar-refractivity contribution in [2.75, 3.05) is 31.1 Å². The van der Waals surface area contributed by atoms with Gasteiger partial charge in [0.2, 0.25) is 5.91 Å². The Balaban J connectivity index is 1.60. The monoisotopic (exact) mass is 320 g/mol. The van der Waals surface area contributed by atoms with Crippen LogP contribution in [-0.2, 0) is 4.79 Å². The number of carbonyl (C=O) groups excluding carboxylic acids is 1. The summed E-state index contributed by atoms with van der Waals surface area (Å²) in [6.07, 6.45) is -0.514. The topological polar surface area (TPSA) is 60.2 Å². The van der Waals surface area contributed by atoms with E-state index in [1.165, 1.54) is 4.90 Å². The molecule has 2 aliphatic heterocycles. The third-order valence-corrected chi connectivity index (χ3v) is 4.47. The number of rotatable bonds is 2. The summed E-state index contributed by atoms with van der Waals surface area (Å²) in [5, 5.41) is 9.14. The summed E-state index contributed by atoms with van der Waals surface area (Å²) < 4.78 is 26.3. The molecule has 0 atom stereocenters. The Morgan fingerprint density at radius 2 is 2.00 bits per heavy atom. The highest BCUT2D eigenvalue weighted by Gasteiger charge is 2.41. The predicted molar refractivity (Wildman–Crippen MR) is 80.2 cm³/mol. The van der Waals surface area contributed by atoms with E-state index in [-0.39, 0.29) is 37.8 Å². The number of carbonyl (C=O) groups is 1. The summed E-state index contributed by atoms with van der Waals surface area (Å²) in [4.78, 5) is 20.2. The summed E-state index contributed by atoms with van der Waals surface area (Å²) in [6.45, 7) is 3.05. The van der Waals surface area contributed by atoms with Crippen LogP contribution in [-0.4, -0.2) is 47.9 Å². The first kappa shape index (κ1) is 15.7. The number of pyridine rings is 1. The fourth-order valence-corrected chi connectivity index (χ4v) is 2.99. The summed E-state index contributed by atoms with van der Waals surface area (Å²) in [7, 11) is 0. The second-order valence-corrected chi connectivity index (χ2v) is 6.22. The van der Waals surface area contributed by atoms with Gasteiger partial charge in [-0.05, 0) is 19.1 Å². The summed E-state index contributed by atoms with van der Waals surface area (Å²) in [5.41, 5.74) is 1.30. The molecule has 0 radical (unpaired) electrons. The van der Waals surface area contributed by atoms with Crippen LogP contribution in [0.15, 0.2) is 12.1 Å². The molecule has 3 heterocycles. The van der Waals surface area contributed by atoms with Crippen molar-refractivity contribution >= 4 is 11.7 Å². The molecule has 0 spiro atoms. The molecule has 0 saturated carbocycles. The Morgan fingerprint density at radius 1 is 1.35 bits per heavy atom. The molecule has 2 aliphatic rings. The van der Waals surface area contributed by atoms with Crippen LogP contribution in [0.3, 0.4) is 0 Å². The molecule has 0 aromatic carbocycles. The molecular weight excluding hydrogens is 302 g/mol. The Hall–Kier alpha value is -2.23. The maximum atomic E-state index is 13.2. The first-order valence-electron chi connectivity index (χ1n) is 7.69. The van der Waals surface area contributed by atoms with E-state index in [1.807, 2.05) is 11.8 Å². The Bertz CT molecular complexity index is 655. The number of hydrogen-bond acceptors (Lipinski definition) is 4. The van der Waals surface area contributed by atoms with Gasteiger partial charge in [0.25, 0.3) is 5.92 Å². The number of amides is 1. The number of likely N-dealkylation sites (tertiary alicyclic amines) is 1. The SMILES string of the molecule is Cc1ccc(C#N)c(N2CC(C(=O)N3CCC(F)(F)CC3)C2)n1. The van der Waals surface area contributed by atoms with Crippen LogP contribution >= 0.6 is 0 Å². The molecule has 2 fully saturated rings. The molecule has 23 heavy (non-hydrogen) atoms. The van der Waals surface area contributed by atoms with Crippen molar-refractivity contribution in [1.29, 1.82) is 5.26 Å². The number of aryl methyl sites for hydroxylation is 1. The van der Waals surface area contributed by atoms with Gasteiger partial charge < -0.3 is 9.80 Å². The second kappa shape index (κ2) is 5.76. The fourth-order valence-electron chi connectivity index (χ4n) is 2.99. The molecule has 3 rings (SSSR count). The van der Waals surface area contributed by atoms with Crippen molar-refractivity contribution < 1.29 is 13.6 Å². The van der Waals surface area contributed by atoms with Crippen LogP contribution in [0.4, 0.5) is 14.6 Å². The quantitative estimate of drug-likeness (QED) is 0.836. The number of halogens is 2. The molecule has 2 saturated heterocycles. The molecule has 0 N–H and O–H groups in total. The highest BCUT2D eigenvalue weighted by atomic mass is 19.3. The van der Waals surface area contributed by atoms with E-state index in [0.717, 1.165) is 5.69 Å². The van der Waals surface area contributed by atoms with Gasteiger partial charge in [0.05, 0.1) is 11.5 Å². The van der Waals surface area contributed by atoms with E-state index in [9.17, 15) is 13.6 Å². The average molecular weight is 320 g/mol. The smallest absolute Gasteiger partial charge is 0.251 e. The van der Waals surface area contributed by atoms with E-state index in [4.69, 9.17) is 5.26 Å². The molecule has 0 unspecified atom stereocenters. The zero-order valence-corrected chi connectivity index (χ0v) is 12.9. The number of alkyl halides is 2. The maximum Gasteiger partial charge on any atom is 0.251 e. The third-order valence-electron chi connectivity index (χ3n) is 4.47. The number of hydrogen-bond donors (Lipinski definition) is 0. The summed E-state index contributed by atoms with van der Waals surface area (Å²) in [5.74, 6) is -2.31. The van der Waals surface area contributed by atoms with Crippen LogP contribution < -0.4 is 4.90 Å². The van der Waals surface area contributed by atoms with Gasteiger partial charge in [-0.25, -0.2) is 13.8 Å². The maximum absolute atomic E-state index is 13.2. The van der Waals surface area contributed by atoms with Gasteiger partial charge in [0, 0.05) is 44.7 Å². The van der Waals surface area contributed by atoms with Crippen LogP contribution in [0.2, 0.25) is 0 Å². The minimum atomic E-state index is -2.64. The standard InChI is InChI=1S/C16H18F2N4O/c1-11-2-3-12(8-19)14(20-11)22-9-13(10-22)15(23)21-6-4-16(17,18)5-7-21/h2-3,13H,4-7,9-10H2,1H3. The van der Waals surface area contributed by atoms with Gasteiger partial charge in [-0.3, -0.25) is 4.79 Å². The molecular formula is C16H18F2N4O. The fraction of sp³-hybridized carbons (Fsp3) is 0.562. The van der Waals surface area contributed by atoms with Gasteiger partial charge in [0.15, 0.2) is 0 Å². The zero-order chi connectivity index (χ0) is 16.6. The number of nitrogens with zero attached hydrogens (tertiary/aromatic N) is 4. The third kappa shape index (κ3) is 3.11. The lowest BCUT2D eigenvalue weighted by atomic mass is 9.96. The first-order chi connectivity index (χ1) is 10.9. The number of nitriles is 1. The van der Waals surface area contributed by atoms with Gasteiger partial charge in [-0.15, -0.1) is 0 Å². The van der Waals surface area contributed by atoms with E-state index in [2.05, 4.69) is 11.1 Å². The Morgan fingerprint density at radius 3 is 2.61 bits per heavy atom. The lowest BCUT2D eigenvalue weighted by Gasteiger charge is -2.43. The van der Waals surface area contributed by atoms with E-state index in [0.29, 0.717) is 24.5 Å². The number of piperidine rings is 1. The first-order valence-corrected chi connectivity index (χ1v) is 7.69. The minimum absolute atomic E-state index is 0.0667. The summed E-state index contributed by atoms with van der Waals surface area (Å²) in [6, 6.07) is 5.60. The number of aromatic nitrogens is 1. The van der Waals surface area contributed by atoms with Crippen LogP contribution in [0.5, 0.6) is 0 Å². The van der Waals surface area contributed by atoms with Crippen LogP contribution in [0, 0.1) is 24.2 Å². The van der Waals surface area contributed by atoms with Gasteiger partial charge in [-0.2, -0.15) is 5.26 Å². The zero-order valence-electron chi connectivity index (χ0n) is 12.9. The molecule has 1 amide bonds. The lowest BCUT2D eigenvalue weighted by Crippen LogP contribution is -2.56. The van der Waals surface area contributed by atoms with Gasteiger partial charge in [0.1, 0.15) is 11.9 Å². The Labute approximate surface area is 133 Å². The van der Waals surface area contributed by atoms with Crippen molar-refractivity contribution in [3.8, 4) is 6.07 Å². The van der Waals surface area contributed by atoms with Crippen molar-refractivity contribution in [3.05, 3.63) is 23.4 Å². The van der Waals surface area contributed by atoms with E-state index >= 15 is 0 Å². The molecule has 0 aliphatic carbocycles. The van der Waals surface area contributed by atoms with Crippen molar-refractivity contribution in [2.24, 2.45) is 5.92 Å². The molecule has 7 heteroatoms. The molecule has 0 bridgehead atoms. The van der Waals surface area contributed by atoms with Crippen molar-refractivity contribution in [1.82, 2.24) is 9.88 Å². The molecule has 122 valence electrons. The largest absolute Gasteiger partial charge is 0.354 e. The molecule has 1 aromatic rings. The minimum Gasteiger partial charge on any atom is -0.354 e. The predicted octanol–water partition coefficient (Wildman–Crippen LogP) is 1.96. The second-order valence-electron chi connectivity index (χ2n) is 6.22. The average Bonchev–Trinajstić information content (AvgIpc) is 2.46. The molecule has 1 aromatic heterocycles. The summed E-state index contributed by atoms with van der Waals surface area (Å²) >= 11 is 0. The highest BCUT2D eigenvalue weighted by Crippen LogP contribution is 2.31. The van der Waals surface area contributed by atoms with Crippen LogP contribution in [0.25, 0.3) is 0 Å². The van der Waals surface area contributed by atoms with Crippen molar-refractivity contribution in [2.45, 2.75) is 25.7 Å². The Kier molecular flexibility index (Phi) is 3.92. The van der Waals surface area contributed by atoms with E-state index < -0.39 is 5.92 Å². The highest BCUT2D eigenvalue weighted by molar-refractivity contribution is 5.82. The van der Waals surface area contributed by atoms with E-state index in [1.54, 1.807) is 12.1 Å². The lowest BCUT2D eigenvalue weighted by molar-refractivity contribution is -0.142. The molecule has 5 nitrogen and oxygen atoms in total. The number of anilines is 1. The van der Waals surface area contributed by atoms with Crippen LogP contribution in [0.1, 0.15) is 24.1 Å². The van der Waals surface area contributed by atoms with Gasteiger partial charge in [-0.1, -0.05) is 0 Å². The van der Waals surface area contributed by atoms with Gasteiger partial charge >= 0.3 is 0 Å². The van der Waals surface area contributed by atoms with Crippen molar-refractivity contribution in [3.63, 3.8) is 0 Å².